The average Bonchev–Trinajstić information content (AvgIpc) is 2.98. The van der Waals surface area contributed by atoms with E-state index in [0.29, 0.717) is 16.6 Å². The van der Waals surface area contributed by atoms with E-state index in [9.17, 15) is 18.0 Å². The molecule has 0 fully saturated rings. The van der Waals surface area contributed by atoms with E-state index < -0.39 is 17.6 Å². The summed E-state index contributed by atoms with van der Waals surface area (Å²) in [6.07, 6.45) is -4.58. The third-order valence-corrected chi connectivity index (χ3v) is 5.21. The maximum absolute atomic E-state index is 13.4. The second-order valence-electron chi connectivity index (χ2n) is 7.24. The molecule has 1 N–H and O–H groups in total. The zero-order chi connectivity index (χ0) is 22.3. The Bertz CT molecular complexity index is 1310. The monoisotopic (exact) mass is 424 g/mol. The molecule has 4 rings (SSSR count). The number of carbonyl (C=O) groups is 1. The van der Waals surface area contributed by atoms with Gasteiger partial charge in [0.2, 0.25) is 0 Å². The molecule has 0 saturated carbocycles. The number of hydrogen-bond acceptors (Lipinski definition) is 3. The number of hydrogen-bond donors (Lipinski definition) is 1. The van der Waals surface area contributed by atoms with E-state index in [0.717, 1.165) is 23.0 Å². The number of fused-ring (bicyclic) bond motifs is 1. The number of rotatable bonds is 3. The molecule has 0 radical (unpaired) electrons. The lowest BCUT2D eigenvalue weighted by Gasteiger charge is -2.15. The molecule has 0 aliphatic carbocycles. The first kappa shape index (κ1) is 20.6. The number of pyridine rings is 1. The van der Waals surface area contributed by atoms with Crippen molar-refractivity contribution in [3.63, 3.8) is 0 Å². The zero-order valence-electron chi connectivity index (χ0n) is 17.1. The van der Waals surface area contributed by atoms with Gasteiger partial charge in [0.15, 0.2) is 0 Å². The van der Waals surface area contributed by atoms with Crippen molar-refractivity contribution in [3.05, 3.63) is 77.1 Å². The second kappa shape index (κ2) is 7.54. The molecule has 5 nitrogen and oxygen atoms in total. The van der Waals surface area contributed by atoms with Crippen LogP contribution in [-0.4, -0.2) is 20.7 Å². The lowest BCUT2D eigenvalue weighted by atomic mass is 10.0. The van der Waals surface area contributed by atoms with Gasteiger partial charge in [-0.1, -0.05) is 30.3 Å². The minimum absolute atomic E-state index is 0.236. The Morgan fingerprint density at radius 3 is 2.39 bits per heavy atom. The number of amides is 1. The molecule has 2 aromatic heterocycles. The Morgan fingerprint density at radius 1 is 1.03 bits per heavy atom. The molecule has 158 valence electrons. The van der Waals surface area contributed by atoms with Crippen molar-refractivity contribution in [2.75, 3.05) is 5.32 Å². The van der Waals surface area contributed by atoms with Gasteiger partial charge < -0.3 is 5.32 Å². The summed E-state index contributed by atoms with van der Waals surface area (Å²) in [7, 11) is 1.81. The summed E-state index contributed by atoms with van der Waals surface area (Å²) in [4.78, 5) is 17.8. The third kappa shape index (κ3) is 3.76. The SMILES string of the molecule is Cc1nn(C)c(C)c1-c1cc(C(=O)Nc2ccccc2C(F)(F)F)c2ccccc2n1. The van der Waals surface area contributed by atoms with E-state index in [1.165, 1.54) is 18.2 Å². The fraction of sp³-hybridized carbons (Fsp3) is 0.174. The largest absolute Gasteiger partial charge is 0.418 e. The molecule has 2 heterocycles. The minimum Gasteiger partial charge on any atom is -0.321 e. The number of alkyl halides is 3. The standard InChI is InChI=1S/C23H19F3N4O/c1-13-21(14(2)30(3)29-13)20-12-16(15-8-4-6-10-18(15)27-20)22(31)28-19-11-7-5-9-17(19)23(24,25)26/h4-12H,1-3H3,(H,28,31). The first-order chi connectivity index (χ1) is 14.7. The van der Waals surface area contributed by atoms with Crippen molar-refractivity contribution < 1.29 is 18.0 Å². The van der Waals surface area contributed by atoms with Crippen LogP contribution in [0.25, 0.3) is 22.2 Å². The lowest BCUT2D eigenvalue weighted by Crippen LogP contribution is -2.17. The Kier molecular flexibility index (Phi) is 5.00. The molecule has 0 bridgehead atoms. The molecule has 4 aromatic rings. The Morgan fingerprint density at radius 2 is 1.71 bits per heavy atom. The number of nitrogens with one attached hydrogen (secondary N) is 1. The van der Waals surface area contributed by atoms with Gasteiger partial charge in [0.05, 0.1) is 33.7 Å². The molecule has 0 atom stereocenters. The van der Waals surface area contributed by atoms with Crippen LogP contribution in [0, 0.1) is 13.8 Å². The molecule has 0 aliphatic heterocycles. The smallest absolute Gasteiger partial charge is 0.321 e. The van der Waals surface area contributed by atoms with E-state index >= 15 is 0 Å². The van der Waals surface area contributed by atoms with Gasteiger partial charge in [-0.15, -0.1) is 0 Å². The van der Waals surface area contributed by atoms with Crippen molar-refractivity contribution in [3.8, 4) is 11.3 Å². The van der Waals surface area contributed by atoms with Crippen molar-refractivity contribution >= 4 is 22.5 Å². The van der Waals surface area contributed by atoms with Crippen LogP contribution in [0.2, 0.25) is 0 Å². The molecule has 8 heteroatoms. The first-order valence-corrected chi connectivity index (χ1v) is 9.54. The number of para-hydroxylation sites is 2. The molecular weight excluding hydrogens is 405 g/mol. The second-order valence-corrected chi connectivity index (χ2v) is 7.24. The predicted molar refractivity (Wildman–Crippen MR) is 113 cm³/mol. The van der Waals surface area contributed by atoms with E-state index in [4.69, 9.17) is 0 Å². The van der Waals surface area contributed by atoms with Gasteiger partial charge in [0.1, 0.15) is 0 Å². The summed E-state index contributed by atoms with van der Waals surface area (Å²) in [5.74, 6) is -0.643. The van der Waals surface area contributed by atoms with Gasteiger partial charge in [0.25, 0.3) is 5.91 Å². The van der Waals surface area contributed by atoms with Gasteiger partial charge in [-0.2, -0.15) is 18.3 Å². The summed E-state index contributed by atoms with van der Waals surface area (Å²) in [5, 5.41) is 7.38. The average molecular weight is 424 g/mol. The molecule has 0 unspecified atom stereocenters. The van der Waals surface area contributed by atoms with Gasteiger partial charge >= 0.3 is 6.18 Å². The lowest BCUT2D eigenvalue weighted by molar-refractivity contribution is -0.136. The summed E-state index contributed by atoms with van der Waals surface area (Å²) >= 11 is 0. The molecule has 1 amide bonds. The van der Waals surface area contributed by atoms with Crippen LogP contribution in [0.5, 0.6) is 0 Å². The van der Waals surface area contributed by atoms with Gasteiger partial charge in [0, 0.05) is 23.7 Å². The number of carbonyl (C=O) groups excluding carboxylic acids is 1. The first-order valence-electron chi connectivity index (χ1n) is 9.54. The maximum Gasteiger partial charge on any atom is 0.418 e. The van der Waals surface area contributed by atoms with Crippen LogP contribution >= 0.6 is 0 Å². The summed E-state index contributed by atoms with van der Waals surface area (Å²) in [6.45, 7) is 3.74. The van der Waals surface area contributed by atoms with Gasteiger partial charge in [-0.05, 0) is 38.1 Å². The van der Waals surface area contributed by atoms with Crippen molar-refractivity contribution in [1.29, 1.82) is 0 Å². The van der Waals surface area contributed by atoms with E-state index in [1.807, 2.05) is 20.9 Å². The highest BCUT2D eigenvalue weighted by Crippen LogP contribution is 2.35. The Balaban J connectivity index is 1.85. The van der Waals surface area contributed by atoms with E-state index in [1.54, 1.807) is 35.0 Å². The van der Waals surface area contributed by atoms with Crippen LogP contribution in [-0.2, 0) is 13.2 Å². The Hall–Kier alpha value is -3.68. The van der Waals surface area contributed by atoms with Crippen LogP contribution in [0.15, 0.2) is 54.6 Å². The minimum atomic E-state index is -4.58. The zero-order valence-corrected chi connectivity index (χ0v) is 17.1. The number of aryl methyl sites for hydroxylation is 2. The predicted octanol–water partition coefficient (Wildman–Crippen LogP) is 5.52. The molecule has 0 saturated heterocycles. The van der Waals surface area contributed by atoms with E-state index in [2.05, 4.69) is 15.4 Å². The quantitative estimate of drug-likeness (QED) is 0.471. The number of halogens is 3. The molecular formula is C23H19F3N4O. The summed E-state index contributed by atoms with van der Waals surface area (Å²) < 4.78 is 41.8. The van der Waals surface area contributed by atoms with Gasteiger partial charge in [-0.25, -0.2) is 4.98 Å². The highest BCUT2D eigenvalue weighted by atomic mass is 19.4. The molecule has 0 aliphatic rings. The van der Waals surface area contributed by atoms with Gasteiger partial charge in [-0.3, -0.25) is 9.48 Å². The topological polar surface area (TPSA) is 59.8 Å². The van der Waals surface area contributed by atoms with Crippen molar-refractivity contribution in [2.45, 2.75) is 20.0 Å². The number of nitrogens with zero attached hydrogens (tertiary/aromatic N) is 3. The van der Waals surface area contributed by atoms with Crippen molar-refractivity contribution in [1.82, 2.24) is 14.8 Å². The highest BCUT2D eigenvalue weighted by molar-refractivity contribution is 6.13. The Labute approximate surface area is 176 Å². The fourth-order valence-electron chi connectivity index (χ4n) is 3.66. The molecule has 31 heavy (non-hydrogen) atoms. The summed E-state index contributed by atoms with van der Waals surface area (Å²) in [6, 6.07) is 13.5. The maximum atomic E-state index is 13.4. The van der Waals surface area contributed by atoms with Crippen LogP contribution < -0.4 is 5.32 Å². The van der Waals surface area contributed by atoms with Crippen LogP contribution in [0.3, 0.4) is 0 Å². The number of benzene rings is 2. The van der Waals surface area contributed by atoms with Crippen LogP contribution in [0.4, 0.5) is 18.9 Å². The highest BCUT2D eigenvalue weighted by Gasteiger charge is 2.33. The van der Waals surface area contributed by atoms with Crippen LogP contribution in [0.1, 0.15) is 27.3 Å². The number of aromatic nitrogens is 3. The van der Waals surface area contributed by atoms with Crippen molar-refractivity contribution in [2.24, 2.45) is 7.05 Å². The normalized spacial score (nSPS) is 11.7. The molecule has 0 spiro atoms. The molecule has 2 aromatic carbocycles. The van der Waals surface area contributed by atoms with E-state index in [-0.39, 0.29) is 11.3 Å². The third-order valence-electron chi connectivity index (χ3n) is 5.21. The summed E-state index contributed by atoms with van der Waals surface area (Å²) in [5.41, 5.74) is 2.55. The fourth-order valence-corrected chi connectivity index (χ4v) is 3.66. The number of anilines is 1.